The number of amides is 2. The number of hydrazone groups is 1. The Balaban J connectivity index is 1.56. The van der Waals surface area contributed by atoms with Gasteiger partial charge in [-0.15, -0.1) is 5.10 Å². The Labute approximate surface area is 180 Å². The number of amidine groups is 1. The number of carbonyl (C=O) groups is 2. The average Bonchev–Trinajstić information content (AvgIpc) is 3.11. The molecule has 0 aromatic heterocycles. The van der Waals surface area contributed by atoms with Gasteiger partial charge in [0.15, 0.2) is 5.17 Å². The van der Waals surface area contributed by atoms with E-state index in [4.69, 9.17) is 9.47 Å². The number of ether oxygens (including phenoxy) is 2. The highest BCUT2D eigenvalue weighted by Gasteiger charge is 2.32. The maximum Gasteiger partial charge on any atom is 0.241 e. The predicted molar refractivity (Wildman–Crippen MR) is 117 cm³/mol. The van der Waals surface area contributed by atoms with E-state index in [0.717, 1.165) is 22.4 Å². The number of benzene rings is 2. The van der Waals surface area contributed by atoms with Gasteiger partial charge in [0.25, 0.3) is 0 Å². The van der Waals surface area contributed by atoms with Crippen molar-refractivity contribution in [3.05, 3.63) is 59.2 Å². The van der Waals surface area contributed by atoms with Gasteiger partial charge in [0.2, 0.25) is 11.8 Å². The van der Waals surface area contributed by atoms with E-state index >= 15 is 0 Å². The van der Waals surface area contributed by atoms with Crippen LogP contribution < -0.4 is 14.8 Å². The lowest BCUT2D eigenvalue weighted by atomic mass is 10.1. The standard InChI is InChI=1S/C22H25N3O4S/c1-14-6-5-7-15(2)20(14)29-13-12-28-19-10-8-18(9-11-19)21-25(17(4)27)24-22(30-21)23-16(3)26/h5-11,21H,12-13H2,1-4H3,(H,23,24,26). The van der Waals surface area contributed by atoms with Gasteiger partial charge in [0, 0.05) is 13.8 Å². The Morgan fingerprint density at radius 2 is 1.67 bits per heavy atom. The smallest absolute Gasteiger partial charge is 0.241 e. The SMILES string of the molecule is CC(=O)NC1=NN(C(C)=O)C(c2ccc(OCCOc3c(C)cccc3C)cc2)S1. The largest absolute Gasteiger partial charge is 0.490 e. The molecule has 0 aliphatic carbocycles. The minimum atomic E-state index is -0.328. The summed E-state index contributed by atoms with van der Waals surface area (Å²) in [5, 5.41) is 8.28. The maximum absolute atomic E-state index is 11.9. The number of thioether (sulfide) groups is 1. The first kappa shape index (κ1) is 21.7. The van der Waals surface area contributed by atoms with Crippen LogP contribution in [-0.2, 0) is 9.59 Å². The third-order valence-electron chi connectivity index (χ3n) is 4.42. The van der Waals surface area contributed by atoms with Gasteiger partial charge in [-0.2, -0.15) is 0 Å². The fourth-order valence-electron chi connectivity index (χ4n) is 3.04. The minimum absolute atomic E-state index is 0.197. The second-order valence-corrected chi connectivity index (χ2v) is 7.98. The van der Waals surface area contributed by atoms with Crippen molar-refractivity contribution in [3.63, 3.8) is 0 Å². The Kier molecular flexibility index (Phi) is 6.99. The fraction of sp³-hybridized carbons (Fsp3) is 0.318. The zero-order valence-electron chi connectivity index (χ0n) is 17.5. The second kappa shape index (κ2) is 9.67. The summed E-state index contributed by atoms with van der Waals surface area (Å²) in [5.74, 6) is 1.19. The molecule has 2 aromatic rings. The predicted octanol–water partition coefficient (Wildman–Crippen LogP) is 3.76. The summed E-state index contributed by atoms with van der Waals surface area (Å²) in [6.45, 7) is 7.76. The topological polar surface area (TPSA) is 80.2 Å². The summed E-state index contributed by atoms with van der Waals surface area (Å²) in [4.78, 5) is 23.2. The number of nitrogens with one attached hydrogen (secondary N) is 1. The molecule has 1 unspecified atom stereocenters. The van der Waals surface area contributed by atoms with Crippen molar-refractivity contribution >= 4 is 28.7 Å². The molecular weight excluding hydrogens is 402 g/mol. The molecule has 0 saturated carbocycles. The molecule has 0 spiro atoms. The molecule has 7 nitrogen and oxygen atoms in total. The fourth-order valence-corrected chi connectivity index (χ4v) is 4.18. The van der Waals surface area contributed by atoms with Crippen LogP contribution in [0.3, 0.4) is 0 Å². The lowest BCUT2D eigenvalue weighted by molar-refractivity contribution is -0.129. The molecule has 0 radical (unpaired) electrons. The van der Waals surface area contributed by atoms with E-state index in [1.807, 2.05) is 56.3 Å². The minimum Gasteiger partial charge on any atom is -0.490 e. The van der Waals surface area contributed by atoms with Crippen LogP contribution in [0.15, 0.2) is 47.6 Å². The van der Waals surface area contributed by atoms with Gasteiger partial charge >= 0.3 is 0 Å². The summed E-state index contributed by atoms with van der Waals surface area (Å²) in [5.41, 5.74) is 3.09. The summed E-state index contributed by atoms with van der Waals surface area (Å²) in [6.07, 6.45) is 0. The number of hydrogen-bond acceptors (Lipinski definition) is 6. The second-order valence-electron chi connectivity index (χ2n) is 6.91. The molecule has 0 saturated heterocycles. The molecule has 1 aliphatic rings. The molecule has 8 heteroatoms. The molecule has 1 heterocycles. The molecule has 0 fully saturated rings. The van der Waals surface area contributed by atoms with Crippen molar-refractivity contribution in [1.29, 1.82) is 0 Å². The molecule has 1 atom stereocenters. The Morgan fingerprint density at radius 1 is 1.03 bits per heavy atom. The van der Waals surface area contributed by atoms with E-state index in [9.17, 15) is 9.59 Å². The van der Waals surface area contributed by atoms with Gasteiger partial charge in [-0.25, -0.2) is 5.01 Å². The summed E-state index contributed by atoms with van der Waals surface area (Å²) < 4.78 is 11.6. The molecule has 0 bridgehead atoms. The summed E-state index contributed by atoms with van der Waals surface area (Å²) in [6, 6.07) is 13.5. The first-order chi connectivity index (χ1) is 14.3. The van der Waals surface area contributed by atoms with Gasteiger partial charge in [-0.1, -0.05) is 42.1 Å². The molecule has 158 valence electrons. The summed E-state index contributed by atoms with van der Waals surface area (Å²) >= 11 is 1.32. The zero-order chi connectivity index (χ0) is 21.7. The van der Waals surface area contributed by atoms with Crippen LogP contribution in [0.2, 0.25) is 0 Å². The highest BCUT2D eigenvalue weighted by molar-refractivity contribution is 8.14. The van der Waals surface area contributed by atoms with Crippen LogP contribution >= 0.6 is 11.8 Å². The van der Waals surface area contributed by atoms with E-state index < -0.39 is 0 Å². The Hall–Kier alpha value is -3.00. The lowest BCUT2D eigenvalue weighted by Crippen LogP contribution is -2.25. The van der Waals surface area contributed by atoms with E-state index in [-0.39, 0.29) is 17.2 Å². The van der Waals surface area contributed by atoms with Crippen molar-refractivity contribution in [2.45, 2.75) is 33.1 Å². The van der Waals surface area contributed by atoms with Gasteiger partial charge in [0.05, 0.1) is 0 Å². The van der Waals surface area contributed by atoms with Crippen LogP contribution in [0.4, 0.5) is 0 Å². The van der Waals surface area contributed by atoms with Crippen LogP contribution in [0.5, 0.6) is 11.5 Å². The van der Waals surface area contributed by atoms with E-state index in [1.165, 1.54) is 30.6 Å². The highest BCUT2D eigenvalue weighted by Crippen LogP contribution is 2.39. The average molecular weight is 428 g/mol. The first-order valence-corrected chi connectivity index (χ1v) is 10.5. The first-order valence-electron chi connectivity index (χ1n) is 9.59. The lowest BCUT2D eigenvalue weighted by Gasteiger charge is -2.19. The Morgan fingerprint density at radius 3 is 2.27 bits per heavy atom. The number of carbonyl (C=O) groups excluding carboxylic acids is 2. The van der Waals surface area contributed by atoms with Gasteiger partial charge in [0.1, 0.15) is 30.1 Å². The maximum atomic E-state index is 11.9. The number of rotatable bonds is 6. The number of aryl methyl sites for hydroxylation is 2. The van der Waals surface area contributed by atoms with E-state index in [2.05, 4.69) is 10.4 Å². The monoisotopic (exact) mass is 427 g/mol. The van der Waals surface area contributed by atoms with E-state index in [1.54, 1.807) is 0 Å². The number of para-hydroxylation sites is 1. The van der Waals surface area contributed by atoms with Gasteiger partial charge in [-0.05, 0) is 42.7 Å². The van der Waals surface area contributed by atoms with Crippen LogP contribution in [-0.4, -0.2) is 35.2 Å². The van der Waals surface area contributed by atoms with Crippen LogP contribution in [0.1, 0.15) is 35.9 Å². The van der Waals surface area contributed by atoms with E-state index in [0.29, 0.717) is 24.1 Å². The van der Waals surface area contributed by atoms with Crippen molar-refractivity contribution in [2.24, 2.45) is 5.10 Å². The van der Waals surface area contributed by atoms with Crippen LogP contribution in [0, 0.1) is 13.8 Å². The normalized spacial score (nSPS) is 15.5. The molecule has 1 N–H and O–H groups in total. The van der Waals surface area contributed by atoms with Crippen molar-refractivity contribution in [3.8, 4) is 11.5 Å². The third kappa shape index (κ3) is 5.33. The number of nitrogens with zero attached hydrogens (tertiary/aromatic N) is 2. The van der Waals surface area contributed by atoms with Crippen molar-refractivity contribution in [2.75, 3.05) is 13.2 Å². The van der Waals surface area contributed by atoms with Crippen molar-refractivity contribution in [1.82, 2.24) is 10.3 Å². The number of hydrogen-bond donors (Lipinski definition) is 1. The molecule has 2 amide bonds. The molecule has 1 aliphatic heterocycles. The highest BCUT2D eigenvalue weighted by atomic mass is 32.2. The van der Waals surface area contributed by atoms with Gasteiger partial charge in [-0.3, -0.25) is 9.59 Å². The zero-order valence-corrected chi connectivity index (χ0v) is 18.3. The summed E-state index contributed by atoms with van der Waals surface area (Å²) in [7, 11) is 0. The van der Waals surface area contributed by atoms with Crippen molar-refractivity contribution < 1.29 is 19.1 Å². The van der Waals surface area contributed by atoms with Crippen LogP contribution in [0.25, 0.3) is 0 Å². The Bertz CT molecular complexity index is 939. The molecule has 2 aromatic carbocycles. The third-order valence-corrected chi connectivity index (χ3v) is 5.52. The van der Waals surface area contributed by atoms with Gasteiger partial charge < -0.3 is 14.8 Å². The molecule has 30 heavy (non-hydrogen) atoms. The molecule has 3 rings (SSSR count). The quantitative estimate of drug-likeness (QED) is 0.710. The molecular formula is C22H25N3O4S.